The molecule has 3 aliphatic heterocycles. The van der Waals surface area contributed by atoms with Gasteiger partial charge in [0.25, 0.3) is 5.91 Å². The molecule has 0 bridgehead atoms. The van der Waals surface area contributed by atoms with Gasteiger partial charge in [0, 0.05) is 41.6 Å². The third-order valence-corrected chi connectivity index (χ3v) is 9.03. The van der Waals surface area contributed by atoms with Gasteiger partial charge in [-0.3, -0.25) is 24.0 Å². The molecule has 4 rings (SSSR count). The number of carbonyl (C=O) groups excluding carboxylic acids is 4. The average molecular weight is 610 g/mol. The quantitative estimate of drug-likeness (QED) is 0.160. The predicted octanol–water partition coefficient (Wildman–Crippen LogP) is 0.747. The van der Waals surface area contributed by atoms with Gasteiger partial charge in [-0.05, 0) is 18.9 Å². The zero-order valence-corrected chi connectivity index (χ0v) is 23.8. The van der Waals surface area contributed by atoms with E-state index in [-0.39, 0.29) is 42.3 Å². The third kappa shape index (κ3) is 6.90. The lowest BCUT2D eigenvalue weighted by Crippen LogP contribution is -2.66. The SMILES string of the molecule is C[C@@H](NC(=O)C(F)F)[C@H]1C(=O)N2C(C(=O)O)=C(S[C@@H]3CN[C@H](C(=O)NCCC(=O)NOCc4ccccc4)C3)[C@H](C)[C@H]12. The minimum Gasteiger partial charge on any atom is -0.477 e. The highest BCUT2D eigenvalue weighted by Gasteiger charge is 2.60. The summed E-state index contributed by atoms with van der Waals surface area (Å²) >= 11 is 1.27. The Hall–Kier alpha value is -3.56. The third-order valence-electron chi connectivity index (χ3n) is 7.52. The summed E-state index contributed by atoms with van der Waals surface area (Å²) in [5, 5.41) is 17.7. The van der Waals surface area contributed by atoms with Crippen molar-refractivity contribution in [1.29, 1.82) is 0 Å². The molecule has 2 fully saturated rings. The number of nitrogens with one attached hydrogen (secondary N) is 4. The number of β-lactam (4-membered cyclic amide) rings is 1. The van der Waals surface area contributed by atoms with Gasteiger partial charge in [0.2, 0.25) is 17.7 Å². The maximum Gasteiger partial charge on any atom is 0.353 e. The fourth-order valence-corrected chi connectivity index (χ4v) is 6.97. The molecule has 1 aromatic carbocycles. The van der Waals surface area contributed by atoms with Crippen molar-refractivity contribution in [2.75, 3.05) is 13.1 Å². The van der Waals surface area contributed by atoms with Crippen LogP contribution in [-0.2, 0) is 35.4 Å². The topological polar surface area (TPSA) is 166 Å². The molecule has 0 radical (unpaired) electrons. The van der Waals surface area contributed by atoms with Crippen LogP contribution in [0.3, 0.4) is 0 Å². The number of carboxylic acid groups (broad SMARTS) is 1. The number of amides is 4. The molecule has 42 heavy (non-hydrogen) atoms. The number of rotatable bonds is 13. The van der Waals surface area contributed by atoms with Crippen molar-refractivity contribution in [3.8, 4) is 0 Å². The van der Waals surface area contributed by atoms with Crippen LogP contribution in [0.1, 0.15) is 32.3 Å². The first-order chi connectivity index (χ1) is 20.0. The van der Waals surface area contributed by atoms with E-state index in [0.29, 0.717) is 17.9 Å². The van der Waals surface area contributed by atoms with Gasteiger partial charge in [-0.2, -0.15) is 8.78 Å². The maximum atomic E-state index is 12.9. The van der Waals surface area contributed by atoms with Crippen LogP contribution >= 0.6 is 11.8 Å². The smallest absolute Gasteiger partial charge is 0.353 e. The van der Waals surface area contributed by atoms with Gasteiger partial charge in [0.15, 0.2) is 0 Å². The normalized spacial score (nSPS) is 25.6. The Kier molecular flexibility index (Phi) is 10.2. The number of aliphatic carboxylic acids is 1. The molecule has 2 saturated heterocycles. The highest BCUT2D eigenvalue weighted by molar-refractivity contribution is 8.03. The Labute approximate surface area is 244 Å². The van der Waals surface area contributed by atoms with E-state index in [9.17, 15) is 37.9 Å². The fourth-order valence-electron chi connectivity index (χ4n) is 5.49. The first-order valence-corrected chi connectivity index (χ1v) is 14.4. The Morgan fingerprint density at radius 1 is 1.21 bits per heavy atom. The molecule has 5 N–H and O–H groups in total. The van der Waals surface area contributed by atoms with E-state index < -0.39 is 54.2 Å². The molecule has 4 amide bonds. The van der Waals surface area contributed by atoms with E-state index >= 15 is 0 Å². The zero-order valence-electron chi connectivity index (χ0n) is 23.0. The molecule has 0 spiro atoms. The van der Waals surface area contributed by atoms with Gasteiger partial charge >= 0.3 is 12.4 Å². The van der Waals surface area contributed by atoms with E-state index in [1.165, 1.54) is 23.6 Å². The van der Waals surface area contributed by atoms with Crippen LogP contribution in [0.15, 0.2) is 40.9 Å². The number of thioether (sulfide) groups is 1. The molecular formula is C27H33F2N5O7S. The van der Waals surface area contributed by atoms with Gasteiger partial charge in [-0.15, -0.1) is 11.8 Å². The van der Waals surface area contributed by atoms with E-state index in [1.54, 1.807) is 6.92 Å². The van der Waals surface area contributed by atoms with Gasteiger partial charge in [-0.25, -0.2) is 10.3 Å². The lowest BCUT2D eigenvalue weighted by atomic mass is 9.78. The zero-order chi connectivity index (χ0) is 30.6. The average Bonchev–Trinajstić information content (AvgIpc) is 3.50. The summed E-state index contributed by atoms with van der Waals surface area (Å²) in [5.41, 5.74) is 3.08. The van der Waals surface area contributed by atoms with Crippen LogP contribution < -0.4 is 21.4 Å². The van der Waals surface area contributed by atoms with Crippen molar-refractivity contribution in [3.05, 3.63) is 46.5 Å². The lowest BCUT2D eigenvalue weighted by molar-refractivity contribution is -0.159. The number of fused-ring (bicyclic) bond motifs is 1. The molecule has 0 unspecified atom stereocenters. The maximum absolute atomic E-state index is 12.9. The Bertz CT molecular complexity index is 1250. The number of hydrogen-bond donors (Lipinski definition) is 5. The monoisotopic (exact) mass is 609 g/mol. The number of nitrogens with zero attached hydrogens (tertiary/aromatic N) is 1. The number of alkyl halides is 2. The molecule has 3 aliphatic rings. The Morgan fingerprint density at radius 2 is 1.93 bits per heavy atom. The van der Waals surface area contributed by atoms with E-state index in [0.717, 1.165) is 5.56 Å². The summed E-state index contributed by atoms with van der Waals surface area (Å²) in [6.07, 6.45) is -2.83. The van der Waals surface area contributed by atoms with Crippen molar-refractivity contribution in [2.45, 2.75) is 63.1 Å². The molecular weight excluding hydrogens is 576 g/mol. The van der Waals surface area contributed by atoms with Crippen LogP contribution in [-0.4, -0.2) is 82.5 Å². The van der Waals surface area contributed by atoms with Gasteiger partial charge in [-0.1, -0.05) is 37.3 Å². The molecule has 6 atom stereocenters. The summed E-state index contributed by atoms with van der Waals surface area (Å²) in [5.74, 6) is -5.25. The molecule has 228 valence electrons. The van der Waals surface area contributed by atoms with Gasteiger partial charge in [0.05, 0.1) is 24.6 Å². The van der Waals surface area contributed by atoms with Crippen molar-refractivity contribution in [2.24, 2.45) is 11.8 Å². The molecule has 3 heterocycles. The second-order valence-electron chi connectivity index (χ2n) is 10.4. The molecule has 15 heteroatoms. The number of hydroxylamine groups is 1. The number of benzene rings is 1. The number of hydrogen-bond acceptors (Lipinski definition) is 8. The fraction of sp³-hybridized carbons (Fsp3) is 0.519. The van der Waals surface area contributed by atoms with Crippen LogP contribution in [0.25, 0.3) is 0 Å². The molecule has 0 saturated carbocycles. The van der Waals surface area contributed by atoms with Crippen molar-refractivity contribution >= 4 is 41.4 Å². The van der Waals surface area contributed by atoms with Crippen molar-refractivity contribution in [1.82, 2.24) is 26.3 Å². The summed E-state index contributed by atoms with van der Waals surface area (Å²) in [6, 6.07) is 7.26. The predicted molar refractivity (Wildman–Crippen MR) is 146 cm³/mol. The first-order valence-electron chi connectivity index (χ1n) is 13.5. The standard InChI is InChI=1S/C27H33F2N5O7S/c1-13-20-19(14(2)32-25(37)23(28)29)26(38)34(20)21(27(39)40)22(13)42-16-10-17(31-11-16)24(36)30-9-8-18(35)33-41-12-15-6-4-3-5-7-15/h3-7,13-14,16-17,19-20,23,31H,8-12H2,1-2H3,(H,30,36)(H,32,37)(H,33,35)(H,39,40)/t13-,14-,16+,17+,19-,20-/m1/s1. The van der Waals surface area contributed by atoms with E-state index in [4.69, 9.17) is 4.84 Å². The number of carbonyl (C=O) groups is 5. The second-order valence-corrected chi connectivity index (χ2v) is 11.7. The van der Waals surface area contributed by atoms with Crippen LogP contribution in [0.4, 0.5) is 8.78 Å². The minimum atomic E-state index is -3.23. The van der Waals surface area contributed by atoms with Crippen molar-refractivity contribution < 1.29 is 42.7 Å². The summed E-state index contributed by atoms with van der Waals surface area (Å²) in [7, 11) is 0. The second kappa shape index (κ2) is 13.6. The van der Waals surface area contributed by atoms with Crippen LogP contribution in [0.2, 0.25) is 0 Å². The highest BCUT2D eigenvalue weighted by atomic mass is 32.2. The first kappa shape index (κ1) is 31.4. The lowest BCUT2D eigenvalue weighted by Gasteiger charge is -2.47. The van der Waals surface area contributed by atoms with Gasteiger partial charge in [0.1, 0.15) is 5.70 Å². The molecule has 0 aromatic heterocycles. The Morgan fingerprint density at radius 3 is 2.60 bits per heavy atom. The summed E-state index contributed by atoms with van der Waals surface area (Å²) in [6.45, 7) is 3.93. The number of halogens is 2. The highest BCUT2D eigenvalue weighted by Crippen LogP contribution is 2.51. The van der Waals surface area contributed by atoms with Crippen LogP contribution in [0.5, 0.6) is 0 Å². The minimum absolute atomic E-state index is 0.0143. The molecule has 1 aromatic rings. The van der Waals surface area contributed by atoms with E-state index in [1.807, 2.05) is 30.3 Å². The van der Waals surface area contributed by atoms with E-state index in [2.05, 4.69) is 21.4 Å². The largest absolute Gasteiger partial charge is 0.477 e. The summed E-state index contributed by atoms with van der Waals surface area (Å²) < 4.78 is 25.4. The molecule has 12 nitrogen and oxygen atoms in total. The summed E-state index contributed by atoms with van der Waals surface area (Å²) in [4.78, 5) is 67.9. The van der Waals surface area contributed by atoms with Crippen LogP contribution in [0, 0.1) is 11.8 Å². The molecule has 0 aliphatic carbocycles. The Balaban J connectivity index is 1.25. The van der Waals surface area contributed by atoms with Crippen molar-refractivity contribution in [3.63, 3.8) is 0 Å². The van der Waals surface area contributed by atoms with Gasteiger partial charge < -0.3 is 26.0 Å². The number of carboxylic acids is 1.